The van der Waals surface area contributed by atoms with Crippen molar-refractivity contribution in [3.05, 3.63) is 34.1 Å². The molecule has 0 bridgehead atoms. The standard InChI is InChI=1S/C11H6ClF4N3OS/c12-8-6(11(14,15)16)2-1-5(9(8)13)3-17-19-10-18-7(20)4-21-10/h1-3H,4H2,(H,18,19,20). The number of hydrogen-bond acceptors (Lipinski definition) is 4. The number of nitrogens with zero attached hydrogens (tertiary/aromatic N) is 2. The lowest BCUT2D eigenvalue weighted by molar-refractivity contribution is -0.137. The summed E-state index contributed by atoms with van der Waals surface area (Å²) < 4.78 is 51.2. The molecule has 0 spiro atoms. The average Bonchev–Trinajstić information content (AvgIpc) is 2.79. The Balaban J connectivity index is 2.22. The molecule has 1 aliphatic heterocycles. The first-order valence-corrected chi connectivity index (χ1v) is 6.74. The highest BCUT2D eigenvalue weighted by atomic mass is 35.5. The van der Waals surface area contributed by atoms with Gasteiger partial charge in [-0.25, -0.2) is 4.39 Å². The molecule has 0 aromatic heterocycles. The van der Waals surface area contributed by atoms with Gasteiger partial charge in [-0.15, -0.1) is 5.10 Å². The molecule has 0 aliphatic carbocycles. The van der Waals surface area contributed by atoms with Gasteiger partial charge < -0.3 is 5.32 Å². The van der Waals surface area contributed by atoms with E-state index in [1.54, 1.807) is 0 Å². The molecule has 1 saturated heterocycles. The van der Waals surface area contributed by atoms with Crippen LogP contribution in [0.15, 0.2) is 22.3 Å². The molecule has 21 heavy (non-hydrogen) atoms. The van der Waals surface area contributed by atoms with Gasteiger partial charge in [0.1, 0.15) is 0 Å². The number of alkyl halides is 3. The SMILES string of the molecule is O=C1CSC(=NN=Cc2ccc(C(F)(F)F)c(Cl)c2F)N1. The highest BCUT2D eigenvalue weighted by Gasteiger charge is 2.34. The number of halogens is 5. The zero-order chi connectivity index (χ0) is 15.6. The number of hydrogen-bond donors (Lipinski definition) is 1. The third kappa shape index (κ3) is 3.73. The van der Waals surface area contributed by atoms with Gasteiger partial charge in [-0.3, -0.25) is 4.79 Å². The number of amides is 1. The monoisotopic (exact) mass is 339 g/mol. The minimum absolute atomic E-state index is 0.203. The topological polar surface area (TPSA) is 53.8 Å². The average molecular weight is 340 g/mol. The summed E-state index contributed by atoms with van der Waals surface area (Å²) >= 11 is 6.46. The third-order valence-corrected chi connectivity index (χ3v) is 3.58. The number of carbonyl (C=O) groups excluding carboxylic acids is 1. The third-order valence-electron chi connectivity index (χ3n) is 2.35. The molecule has 1 aliphatic rings. The zero-order valence-electron chi connectivity index (χ0n) is 10.0. The summed E-state index contributed by atoms with van der Waals surface area (Å²) in [6.45, 7) is 0. The maximum atomic E-state index is 13.7. The van der Waals surface area contributed by atoms with E-state index in [2.05, 4.69) is 15.5 Å². The van der Waals surface area contributed by atoms with Crippen LogP contribution in [-0.4, -0.2) is 23.0 Å². The Morgan fingerprint density at radius 1 is 1.38 bits per heavy atom. The number of carbonyl (C=O) groups is 1. The number of amidine groups is 1. The van der Waals surface area contributed by atoms with E-state index in [-0.39, 0.29) is 22.4 Å². The van der Waals surface area contributed by atoms with Gasteiger partial charge in [-0.2, -0.15) is 18.3 Å². The van der Waals surface area contributed by atoms with Crippen LogP contribution in [0.1, 0.15) is 11.1 Å². The van der Waals surface area contributed by atoms with Crippen molar-refractivity contribution in [2.45, 2.75) is 6.18 Å². The van der Waals surface area contributed by atoms with E-state index < -0.39 is 22.6 Å². The van der Waals surface area contributed by atoms with Crippen LogP contribution in [0.4, 0.5) is 17.6 Å². The van der Waals surface area contributed by atoms with Gasteiger partial charge in [0.25, 0.3) is 0 Å². The fourth-order valence-electron chi connectivity index (χ4n) is 1.41. The second-order valence-electron chi connectivity index (χ2n) is 3.81. The molecule has 0 saturated carbocycles. The predicted octanol–water partition coefficient (Wildman–Crippen LogP) is 3.05. The Morgan fingerprint density at radius 2 is 2.10 bits per heavy atom. The van der Waals surface area contributed by atoms with Crippen molar-refractivity contribution in [3.8, 4) is 0 Å². The summed E-state index contributed by atoms with van der Waals surface area (Å²) in [6.07, 6.45) is -3.82. The summed E-state index contributed by atoms with van der Waals surface area (Å²) in [7, 11) is 0. The molecule has 0 radical (unpaired) electrons. The summed E-state index contributed by atoms with van der Waals surface area (Å²) in [4.78, 5) is 10.9. The van der Waals surface area contributed by atoms with Gasteiger partial charge in [0.15, 0.2) is 11.0 Å². The first-order chi connectivity index (χ1) is 9.79. The molecule has 1 N–H and O–H groups in total. The van der Waals surface area contributed by atoms with Crippen molar-refractivity contribution in [2.24, 2.45) is 10.2 Å². The summed E-state index contributed by atoms with van der Waals surface area (Å²) in [5.74, 6) is -1.27. The van der Waals surface area contributed by atoms with Crippen LogP contribution in [0, 0.1) is 5.82 Å². The molecule has 1 amide bonds. The Bertz CT molecular complexity index is 645. The van der Waals surface area contributed by atoms with Crippen LogP contribution < -0.4 is 5.32 Å². The molecule has 112 valence electrons. The number of rotatable bonds is 2. The first-order valence-electron chi connectivity index (χ1n) is 5.38. The van der Waals surface area contributed by atoms with Crippen LogP contribution >= 0.6 is 23.4 Å². The molecule has 0 atom stereocenters. The van der Waals surface area contributed by atoms with E-state index >= 15 is 0 Å². The van der Waals surface area contributed by atoms with Crippen molar-refractivity contribution in [1.82, 2.24) is 5.32 Å². The molecular weight excluding hydrogens is 334 g/mol. The van der Waals surface area contributed by atoms with Gasteiger partial charge in [-0.05, 0) is 12.1 Å². The minimum atomic E-state index is -4.74. The summed E-state index contributed by atoms with van der Waals surface area (Å²) in [5.41, 5.74) is -1.50. The number of thioether (sulfide) groups is 1. The minimum Gasteiger partial charge on any atom is -0.303 e. The van der Waals surface area contributed by atoms with Crippen LogP contribution in [0.25, 0.3) is 0 Å². The highest BCUT2D eigenvalue weighted by molar-refractivity contribution is 8.15. The van der Waals surface area contributed by atoms with Gasteiger partial charge in [-0.1, -0.05) is 23.4 Å². The Labute approximate surface area is 125 Å². The van der Waals surface area contributed by atoms with E-state index in [1.807, 2.05) is 0 Å². The van der Waals surface area contributed by atoms with Gasteiger partial charge in [0.2, 0.25) is 5.91 Å². The molecular formula is C11H6ClF4N3OS. The normalized spacial score (nSPS) is 17.8. The fourth-order valence-corrected chi connectivity index (χ4v) is 2.32. The van der Waals surface area contributed by atoms with Crippen LogP contribution in [-0.2, 0) is 11.0 Å². The molecule has 1 heterocycles. The van der Waals surface area contributed by atoms with E-state index in [9.17, 15) is 22.4 Å². The number of benzene rings is 1. The van der Waals surface area contributed by atoms with Gasteiger partial charge >= 0.3 is 6.18 Å². The van der Waals surface area contributed by atoms with Crippen molar-refractivity contribution in [1.29, 1.82) is 0 Å². The van der Waals surface area contributed by atoms with Gasteiger partial charge in [0.05, 0.1) is 22.6 Å². The van der Waals surface area contributed by atoms with Crippen LogP contribution in [0.3, 0.4) is 0 Å². The van der Waals surface area contributed by atoms with Crippen molar-refractivity contribution in [3.63, 3.8) is 0 Å². The molecule has 4 nitrogen and oxygen atoms in total. The highest BCUT2D eigenvalue weighted by Crippen LogP contribution is 2.36. The predicted molar refractivity (Wildman–Crippen MR) is 72.0 cm³/mol. The van der Waals surface area contributed by atoms with E-state index in [0.717, 1.165) is 24.0 Å². The second kappa shape index (κ2) is 6.02. The van der Waals surface area contributed by atoms with E-state index in [0.29, 0.717) is 6.07 Å². The smallest absolute Gasteiger partial charge is 0.303 e. The Morgan fingerprint density at radius 3 is 2.67 bits per heavy atom. The van der Waals surface area contributed by atoms with Crippen molar-refractivity contribution < 1.29 is 22.4 Å². The lowest BCUT2D eigenvalue weighted by atomic mass is 10.1. The van der Waals surface area contributed by atoms with Crippen molar-refractivity contribution in [2.75, 3.05) is 5.75 Å². The molecule has 1 aromatic carbocycles. The Kier molecular flexibility index (Phi) is 4.52. The van der Waals surface area contributed by atoms with Crippen molar-refractivity contribution >= 4 is 40.7 Å². The first kappa shape index (κ1) is 15.8. The molecule has 10 heteroatoms. The van der Waals surface area contributed by atoms with E-state index in [4.69, 9.17) is 11.6 Å². The fraction of sp³-hybridized carbons (Fsp3) is 0.182. The Hall–Kier alpha value is -1.61. The lowest BCUT2D eigenvalue weighted by Crippen LogP contribution is -2.19. The summed E-state index contributed by atoms with van der Waals surface area (Å²) in [6, 6.07) is 1.56. The van der Waals surface area contributed by atoms with Crippen LogP contribution in [0.2, 0.25) is 5.02 Å². The molecule has 2 rings (SSSR count). The number of nitrogens with one attached hydrogen (secondary N) is 1. The maximum absolute atomic E-state index is 13.7. The quantitative estimate of drug-likeness (QED) is 0.511. The van der Waals surface area contributed by atoms with E-state index in [1.165, 1.54) is 0 Å². The van der Waals surface area contributed by atoms with Gasteiger partial charge in [0, 0.05) is 5.56 Å². The van der Waals surface area contributed by atoms with Crippen LogP contribution in [0.5, 0.6) is 0 Å². The lowest BCUT2D eigenvalue weighted by Gasteiger charge is -2.10. The molecule has 1 fully saturated rings. The molecule has 0 unspecified atom stereocenters. The summed E-state index contributed by atoms with van der Waals surface area (Å²) in [5, 5.41) is 8.69. The second-order valence-corrected chi connectivity index (χ2v) is 5.16. The maximum Gasteiger partial charge on any atom is 0.417 e. The molecule has 1 aromatic rings. The zero-order valence-corrected chi connectivity index (χ0v) is 11.6. The largest absolute Gasteiger partial charge is 0.417 e.